The van der Waals surface area contributed by atoms with Crippen LogP contribution in [0.2, 0.25) is 0 Å². The van der Waals surface area contributed by atoms with Gasteiger partial charge in [-0.1, -0.05) is 109 Å². The molecule has 0 aromatic heterocycles. The van der Waals surface area contributed by atoms with Crippen molar-refractivity contribution in [2.75, 3.05) is 0 Å². The Morgan fingerprint density at radius 1 is 0.377 bits per heavy atom. The molecule has 278 valence electrons. The normalized spacial score (nSPS) is 10.5. The molecule has 0 radical (unpaired) electrons. The number of aromatic hydroxyl groups is 3. The maximum atomic E-state index is 9.59. The van der Waals surface area contributed by atoms with Gasteiger partial charge in [0.05, 0.1) is 0 Å². The van der Waals surface area contributed by atoms with Gasteiger partial charge < -0.3 is 30.0 Å². The van der Waals surface area contributed by atoms with Gasteiger partial charge in [0.1, 0.15) is 17.2 Å². The molecule has 0 unspecified atom stereocenters. The van der Waals surface area contributed by atoms with Crippen molar-refractivity contribution in [2.45, 2.75) is 60.8 Å². The van der Waals surface area contributed by atoms with Crippen LogP contribution in [-0.4, -0.2) is 30.0 Å². The molecule has 0 saturated carbocycles. The van der Waals surface area contributed by atoms with E-state index < -0.39 is 7.82 Å². The fourth-order valence-electron chi connectivity index (χ4n) is 5.60. The molecule has 8 heteroatoms. The first-order valence-corrected chi connectivity index (χ1v) is 18.8. The zero-order valence-corrected chi connectivity index (χ0v) is 32.2. The molecule has 0 aliphatic rings. The van der Waals surface area contributed by atoms with Crippen LogP contribution in [0.1, 0.15) is 66.8 Å². The second-order valence-corrected chi connectivity index (χ2v) is 14.2. The van der Waals surface area contributed by atoms with Gasteiger partial charge in [-0.15, -0.1) is 0 Å². The molecule has 6 aromatic carbocycles. The second-order valence-electron chi connectivity index (χ2n) is 13.2. The highest BCUT2D eigenvalue weighted by molar-refractivity contribution is 7.45. The number of phenols is 3. The van der Waals surface area contributed by atoms with Gasteiger partial charge in [0.2, 0.25) is 0 Å². The standard InChI is InChI=1S/3C15H16O.H3O4P/c3*1-11-9-15(16)12(2)8-14(11)10-13-6-4-3-5-7-13;1-5(2,3)4/h3*3-9,16H,10H2,1-2H3;(H3,1,2,3,4). The lowest BCUT2D eigenvalue weighted by molar-refractivity contribution is 0.275. The first-order valence-electron chi connectivity index (χ1n) is 17.3. The van der Waals surface area contributed by atoms with Gasteiger partial charge in [-0.2, -0.15) is 0 Å². The number of benzene rings is 6. The minimum absolute atomic E-state index is 0.384. The molecule has 53 heavy (non-hydrogen) atoms. The summed E-state index contributed by atoms with van der Waals surface area (Å²) in [6.07, 6.45) is 2.77. The Bertz CT molecular complexity index is 1860. The Hall–Kier alpha value is -5.17. The molecule has 0 saturated heterocycles. The fourth-order valence-corrected chi connectivity index (χ4v) is 5.60. The molecular weight excluding hydrogens is 683 g/mol. The fraction of sp³-hybridized carbons (Fsp3) is 0.200. The van der Waals surface area contributed by atoms with Crippen molar-refractivity contribution >= 4 is 7.82 Å². The molecule has 0 fully saturated rings. The average Bonchev–Trinajstić information content (AvgIpc) is 3.10. The maximum absolute atomic E-state index is 9.59. The second kappa shape index (κ2) is 20.2. The third-order valence-electron chi connectivity index (χ3n) is 8.68. The SMILES string of the molecule is Cc1cc(Cc2ccccc2)c(C)cc1O.Cc1cc(Cc2ccccc2)c(C)cc1O.Cc1cc(Cc2ccccc2)c(C)cc1O.O=P(O)(O)O. The lowest BCUT2D eigenvalue weighted by atomic mass is 9.98. The molecule has 0 bridgehead atoms. The van der Waals surface area contributed by atoms with Crippen molar-refractivity contribution < 1.29 is 34.6 Å². The molecule has 6 N–H and O–H groups in total. The highest BCUT2D eigenvalue weighted by Gasteiger charge is 2.06. The average molecular weight is 735 g/mol. The summed E-state index contributed by atoms with van der Waals surface area (Å²) < 4.78 is 8.88. The summed E-state index contributed by atoms with van der Waals surface area (Å²) in [7, 11) is -4.64. The molecule has 0 atom stereocenters. The van der Waals surface area contributed by atoms with Crippen LogP contribution in [0.25, 0.3) is 0 Å². The Morgan fingerprint density at radius 2 is 0.585 bits per heavy atom. The molecule has 0 aliphatic carbocycles. The largest absolute Gasteiger partial charge is 0.508 e. The van der Waals surface area contributed by atoms with Gasteiger partial charge in [-0.3, -0.25) is 0 Å². The van der Waals surface area contributed by atoms with Crippen LogP contribution in [0.4, 0.5) is 0 Å². The van der Waals surface area contributed by atoms with Gasteiger partial charge in [0.15, 0.2) is 0 Å². The topological polar surface area (TPSA) is 138 Å². The van der Waals surface area contributed by atoms with Crippen molar-refractivity contribution in [3.05, 3.63) is 194 Å². The summed E-state index contributed by atoms with van der Waals surface area (Å²) >= 11 is 0. The Labute approximate surface area is 313 Å². The third kappa shape index (κ3) is 15.1. The van der Waals surface area contributed by atoms with Crippen LogP contribution in [0.3, 0.4) is 0 Å². The first-order chi connectivity index (χ1) is 25.0. The van der Waals surface area contributed by atoms with E-state index in [0.717, 1.165) is 52.6 Å². The predicted molar refractivity (Wildman–Crippen MR) is 215 cm³/mol. The summed E-state index contributed by atoms with van der Waals surface area (Å²) in [5.74, 6) is 1.15. The molecule has 0 aliphatic heterocycles. The van der Waals surface area contributed by atoms with Crippen LogP contribution in [0.15, 0.2) is 127 Å². The van der Waals surface area contributed by atoms with E-state index in [1.54, 1.807) is 0 Å². The number of rotatable bonds is 6. The van der Waals surface area contributed by atoms with Crippen LogP contribution < -0.4 is 0 Å². The molecule has 0 heterocycles. The number of aryl methyl sites for hydroxylation is 6. The minimum Gasteiger partial charge on any atom is -0.508 e. The van der Waals surface area contributed by atoms with Crippen molar-refractivity contribution in [3.8, 4) is 17.2 Å². The van der Waals surface area contributed by atoms with E-state index >= 15 is 0 Å². The lowest BCUT2D eigenvalue weighted by Crippen LogP contribution is -1.93. The Kier molecular flexibility index (Phi) is 16.1. The van der Waals surface area contributed by atoms with E-state index in [2.05, 4.69) is 91.0 Å². The van der Waals surface area contributed by atoms with Crippen molar-refractivity contribution in [3.63, 3.8) is 0 Å². The van der Waals surface area contributed by atoms with Gasteiger partial charge in [0.25, 0.3) is 0 Å². The summed E-state index contributed by atoms with van der Waals surface area (Å²) in [6, 6.07) is 42.9. The quantitative estimate of drug-likeness (QED) is 0.0937. The van der Waals surface area contributed by atoms with Crippen LogP contribution in [0.5, 0.6) is 17.2 Å². The van der Waals surface area contributed by atoms with E-state index in [9.17, 15) is 15.3 Å². The monoisotopic (exact) mass is 734 g/mol. The number of hydrogen-bond donors (Lipinski definition) is 6. The predicted octanol–water partition coefficient (Wildman–Crippen LogP) is 9.87. The number of hydrogen-bond acceptors (Lipinski definition) is 4. The summed E-state index contributed by atoms with van der Waals surface area (Å²) in [5, 5.41) is 28.8. The highest BCUT2D eigenvalue weighted by Crippen LogP contribution is 2.26. The third-order valence-corrected chi connectivity index (χ3v) is 8.68. The molecule has 7 nitrogen and oxygen atoms in total. The molecule has 0 amide bonds. The van der Waals surface area contributed by atoms with Crippen LogP contribution in [-0.2, 0) is 23.8 Å². The smallest absolute Gasteiger partial charge is 0.466 e. The maximum Gasteiger partial charge on any atom is 0.466 e. The highest BCUT2D eigenvalue weighted by atomic mass is 31.2. The number of phenolic OH excluding ortho intramolecular Hbond substituents is 3. The molecule has 6 rings (SSSR count). The van der Waals surface area contributed by atoms with Gasteiger partial charge in [0, 0.05) is 0 Å². The van der Waals surface area contributed by atoms with Gasteiger partial charge in [-0.25, -0.2) is 4.57 Å². The van der Waals surface area contributed by atoms with Crippen molar-refractivity contribution in [1.29, 1.82) is 0 Å². The van der Waals surface area contributed by atoms with Crippen LogP contribution in [0, 0.1) is 41.5 Å². The summed E-state index contributed by atoms with van der Waals surface area (Å²) in [5.41, 5.74) is 14.0. The molecular formula is C45H51O7P. The van der Waals surface area contributed by atoms with Gasteiger partial charge >= 0.3 is 7.82 Å². The van der Waals surface area contributed by atoms with Crippen molar-refractivity contribution in [2.24, 2.45) is 0 Å². The summed E-state index contributed by atoms with van der Waals surface area (Å²) in [4.78, 5) is 21.6. The number of phosphoric acid groups is 1. The Morgan fingerprint density at radius 3 is 0.792 bits per heavy atom. The van der Waals surface area contributed by atoms with E-state index in [-0.39, 0.29) is 0 Å². The minimum atomic E-state index is -4.64. The zero-order valence-electron chi connectivity index (χ0n) is 31.3. The zero-order chi connectivity index (χ0) is 39.1. The van der Waals surface area contributed by atoms with E-state index in [4.69, 9.17) is 19.2 Å². The van der Waals surface area contributed by atoms with E-state index in [1.165, 1.54) is 33.4 Å². The Balaban J connectivity index is 0.000000201. The summed E-state index contributed by atoms with van der Waals surface area (Å²) in [6.45, 7) is 11.9. The molecule has 0 spiro atoms. The lowest BCUT2D eigenvalue weighted by Gasteiger charge is -2.09. The van der Waals surface area contributed by atoms with E-state index in [0.29, 0.717) is 17.2 Å². The van der Waals surface area contributed by atoms with Gasteiger partial charge in [-0.05, 0) is 146 Å². The van der Waals surface area contributed by atoms with Crippen LogP contribution >= 0.6 is 7.82 Å². The molecule has 6 aromatic rings. The van der Waals surface area contributed by atoms with Crippen molar-refractivity contribution in [1.82, 2.24) is 0 Å². The van der Waals surface area contributed by atoms with E-state index in [1.807, 2.05) is 77.9 Å². The first kappa shape index (κ1) is 42.2.